The van der Waals surface area contributed by atoms with E-state index in [1.54, 1.807) is 0 Å². The van der Waals surface area contributed by atoms with Crippen molar-refractivity contribution in [3.05, 3.63) is 60.8 Å². The van der Waals surface area contributed by atoms with E-state index in [1.165, 1.54) is 103 Å². The minimum atomic E-state index is -0.783. The Kier molecular flexibility index (Phi) is 44.5. The molecule has 1 atom stereocenters. The molecule has 0 radical (unpaired) electrons. The quantitative estimate of drug-likeness (QED) is 0.0201. The minimum absolute atomic E-state index is 0.0860. The molecule has 1 unspecified atom stereocenters. The number of unbranched alkanes of at least 4 members (excludes halogenated alkanes) is 24. The Morgan fingerprint density at radius 2 is 0.707 bits per heavy atom. The van der Waals surface area contributed by atoms with Gasteiger partial charge in [-0.25, -0.2) is 0 Å². The number of allylic oxidation sites excluding steroid dienone is 10. The van der Waals surface area contributed by atoms with Crippen molar-refractivity contribution in [2.45, 2.75) is 239 Å². The molecule has 0 aromatic rings. The van der Waals surface area contributed by atoms with Gasteiger partial charge in [-0.2, -0.15) is 0 Å². The van der Waals surface area contributed by atoms with Gasteiger partial charge in [0.15, 0.2) is 6.10 Å². The van der Waals surface area contributed by atoms with Gasteiger partial charge in [-0.1, -0.05) is 191 Å². The van der Waals surface area contributed by atoms with Gasteiger partial charge in [0.2, 0.25) is 0 Å². The molecule has 0 aliphatic carbocycles. The highest BCUT2D eigenvalue weighted by Crippen LogP contribution is 2.14. The number of carbonyl (C=O) groups excluding carboxylic acids is 3. The van der Waals surface area contributed by atoms with Crippen molar-refractivity contribution in [1.82, 2.24) is 0 Å². The van der Waals surface area contributed by atoms with Gasteiger partial charge >= 0.3 is 17.9 Å². The molecule has 0 aliphatic rings. The maximum absolute atomic E-state index is 12.8. The summed E-state index contributed by atoms with van der Waals surface area (Å²) in [6, 6.07) is 0. The Bertz CT molecular complexity index is 1070. The fourth-order valence-electron chi connectivity index (χ4n) is 6.59. The Balaban J connectivity index is 4.39. The number of rotatable bonds is 43. The fraction of sp³-hybridized carbons (Fsp3) is 0.750. The van der Waals surface area contributed by atoms with E-state index < -0.39 is 6.10 Å². The highest BCUT2D eigenvalue weighted by molar-refractivity contribution is 5.71. The van der Waals surface area contributed by atoms with Gasteiger partial charge in [-0.3, -0.25) is 14.4 Å². The summed E-state index contributed by atoms with van der Waals surface area (Å²) in [4.78, 5) is 37.8. The molecule has 0 aromatic heterocycles. The van der Waals surface area contributed by atoms with Crippen molar-refractivity contribution in [2.24, 2.45) is 0 Å². The Hall–Kier alpha value is -2.89. The Morgan fingerprint density at radius 3 is 1.14 bits per heavy atom. The zero-order chi connectivity index (χ0) is 42.3. The van der Waals surface area contributed by atoms with E-state index >= 15 is 0 Å². The molecule has 0 amide bonds. The third-order valence-electron chi connectivity index (χ3n) is 10.3. The summed E-state index contributed by atoms with van der Waals surface area (Å²) >= 11 is 0. The number of esters is 3. The van der Waals surface area contributed by atoms with Crippen LogP contribution >= 0.6 is 0 Å². The normalized spacial score (nSPS) is 12.5. The first-order valence-electron chi connectivity index (χ1n) is 24.3. The summed E-state index contributed by atoms with van der Waals surface area (Å²) in [6.45, 7) is 6.42. The van der Waals surface area contributed by atoms with E-state index in [4.69, 9.17) is 14.2 Å². The molecule has 0 saturated heterocycles. The molecule has 0 aliphatic heterocycles. The first-order chi connectivity index (χ1) is 28.5. The van der Waals surface area contributed by atoms with Crippen LogP contribution in [-0.4, -0.2) is 37.2 Å². The van der Waals surface area contributed by atoms with E-state index in [2.05, 4.69) is 81.5 Å². The first kappa shape index (κ1) is 55.1. The van der Waals surface area contributed by atoms with Gasteiger partial charge in [0, 0.05) is 19.3 Å². The Morgan fingerprint density at radius 1 is 0.362 bits per heavy atom. The van der Waals surface area contributed by atoms with Gasteiger partial charge in [0.1, 0.15) is 13.2 Å². The van der Waals surface area contributed by atoms with Gasteiger partial charge in [0.05, 0.1) is 0 Å². The van der Waals surface area contributed by atoms with Crippen molar-refractivity contribution in [2.75, 3.05) is 13.2 Å². The van der Waals surface area contributed by atoms with Crippen LogP contribution in [-0.2, 0) is 28.6 Å². The third kappa shape index (κ3) is 44.2. The molecular weight excluding hydrogens is 721 g/mol. The lowest BCUT2D eigenvalue weighted by atomic mass is 10.1. The minimum Gasteiger partial charge on any atom is -0.462 e. The Labute approximate surface area is 358 Å². The topological polar surface area (TPSA) is 78.9 Å². The van der Waals surface area contributed by atoms with E-state index in [1.807, 2.05) is 0 Å². The SMILES string of the molecule is CC\C=C/C=C\C=C/CCCCCCCCCC(=O)OCC(COC(=O)CCCCCC/C=C\CCCC)OC(=O)CCCCCCCCC/C=C\CCCCCC. The van der Waals surface area contributed by atoms with Crippen molar-refractivity contribution in [3.63, 3.8) is 0 Å². The molecule has 0 N–H and O–H groups in total. The molecule has 334 valence electrons. The molecule has 6 nitrogen and oxygen atoms in total. The maximum atomic E-state index is 12.8. The van der Waals surface area contributed by atoms with Crippen molar-refractivity contribution >= 4 is 17.9 Å². The van der Waals surface area contributed by atoms with E-state index in [-0.39, 0.29) is 31.1 Å². The zero-order valence-electron chi connectivity index (χ0n) is 38.0. The van der Waals surface area contributed by atoms with Gasteiger partial charge in [-0.15, -0.1) is 0 Å². The molecule has 0 bridgehead atoms. The monoisotopic (exact) mass is 811 g/mol. The van der Waals surface area contributed by atoms with Gasteiger partial charge in [-0.05, 0) is 83.5 Å². The molecular formula is C52H90O6. The molecule has 58 heavy (non-hydrogen) atoms. The molecule has 0 heterocycles. The molecule has 6 heteroatoms. The number of carbonyl (C=O) groups is 3. The second kappa shape index (κ2) is 46.8. The average molecular weight is 811 g/mol. The van der Waals surface area contributed by atoms with Crippen LogP contribution in [0.25, 0.3) is 0 Å². The fourth-order valence-corrected chi connectivity index (χ4v) is 6.59. The molecule has 0 saturated carbocycles. The second-order valence-electron chi connectivity index (χ2n) is 16.0. The van der Waals surface area contributed by atoms with Crippen LogP contribution in [0.3, 0.4) is 0 Å². The highest BCUT2D eigenvalue weighted by atomic mass is 16.6. The molecule has 0 fully saturated rings. The largest absolute Gasteiger partial charge is 0.462 e. The van der Waals surface area contributed by atoms with Crippen LogP contribution in [0.1, 0.15) is 233 Å². The first-order valence-corrected chi connectivity index (χ1v) is 24.3. The molecule has 0 spiro atoms. The maximum Gasteiger partial charge on any atom is 0.306 e. The van der Waals surface area contributed by atoms with E-state index in [0.717, 1.165) is 89.9 Å². The summed E-state index contributed by atoms with van der Waals surface area (Å²) in [5.74, 6) is -0.915. The highest BCUT2D eigenvalue weighted by Gasteiger charge is 2.19. The zero-order valence-corrected chi connectivity index (χ0v) is 38.0. The van der Waals surface area contributed by atoms with Crippen LogP contribution < -0.4 is 0 Å². The van der Waals surface area contributed by atoms with E-state index in [9.17, 15) is 14.4 Å². The lowest BCUT2D eigenvalue weighted by molar-refractivity contribution is -0.167. The van der Waals surface area contributed by atoms with Crippen LogP contribution in [0, 0.1) is 0 Å². The number of hydrogen-bond donors (Lipinski definition) is 0. The smallest absolute Gasteiger partial charge is 0.306 e. The van der Waals surface area contributed by atoms with Crippen LogP contribution in [0.2, 0.25) is 0 Å². The van der Waals surface area contributed by atoms with Crippen molar-refractivity contribution < 1.29 is 28.6 Å². The summed E-state index contributed by atoms with van der Waals surface area (Å²) in [5.41, 5.74) is 0. The van der Waals surface area contributed by atoms with E-state index in [0.29, 0.717) is 19.3 Å². The number of hydrogen-bond acceptors (Lipinski definition) is 6. The van der Waals surface area contributed by atoms with Crippen molar-refractivity contribution in [3.8, 4) is 0 Å². The van der Waals surface area contributed by atoms with Gasteiger partial charge < -0.3 is 14.2 Å². The number of ether oxygens (including phenoxy) is 3. The predicted octanol–water partition coefficient (Wildman–Crippen LogP) is 15.7. The summed E-state index contributed by atoms with van der Waals surface area (Å²) < 4.78 is 16.7. The lowest BCUT2D eigenvalue weighted by Gasteiger charge is -2.18. The summed E-state index contributed by atoms with van der Waals surface area (Å²) in [6.07, 6.45) is 56.3. The van der Waals surface area contributed by atoms with Crippen molar-refractivity contribution in [1.29, 1.82) is 0 Å². The average Bonchev–Trinajstić information content (AvgIpc) is 3.22. The van der Waals surface area contributed by atoms with Crippen LogP contribution in [0.15, 0.2) is 60.8 Å². The summed E-state index contributed by atoms with van der Waals surface area (Å²) in [7, 11) is 0. The van der Waals surface area contributed by atoms with Crippen LogP contribution in [0.4, 0.5) is 0 Å². The predicted molar refractivity (Wildman–Crippen MR) is 247 cm³/mol. The molecule has 0 rings (SSSR count). The van der Waals surface area contributed by atoms with Crippen LogP contribution in [0.5, 0.6) is 0 Å². The van der Waals surface area contributed by atoms with Gasteiger partial charge in [0.25, 0.3) is 0 Å². The lowest BCUT2D eigenvalue weighted by Crippen LogP contribution is -2.30. The third-order valence-corrected chi connectivity index (χ3v) is 10.3. The standard InChI is InChI=1S/C52H90O6/c1-4-7-10-13-16-19-22-24-26-28-30-33-36-39-42-45-51(54)57-48-49(47-56-50(53)44-41-38-35-32-21-18-15-12-9-6-3)58-52(55)46-43-40-37-34-31-29-27-25-23-20-17-14-11-8-5-2/h7,10,13,15-16,18-20,22-23,49H,4-6,8-9,11-12,14,17,21,24-48H2,1-3H3/b10-7-,16-13-,18-15-,22-19-,23-20-. The second-order valence-corrected chi connectivity index (χ2v) is 16.0. The molecule has 0 aromatic carbocycles. The summed E-state index contributed by atoms with van der Waals surface area (Å²) in [5, 5.41) is 0.